The van der Waals surface area contributed by atoms with Crippen LogP contribution in [0.2, 0.25) is 0 Å². The third-order valence-electron chi connectivity index (χ3n) is 2.18. The largest absolute Gasteiger partial charge is 0.398 e. The summed E-state index contributed by atoms with van der Waals surface area (Å²) < 4.78 is 27.3. The van der Waals surface area contributed by atoms with Crippen LogP contribution in [-0.4, -0.2) is 13.4 Å². The lowest BCUT2D eigenvalue weighted by Crippen LogP contribution is -2.14. The summed E-state index contributed by atoms with van der Waals surface area (Å²) in [6, 6.07) is 7.91. The molecule has 0 radical (unpaired) electrons. The van der Waals surface area contributed by atoms with Crippen LogP contribution in [0.3, 0.4) is 0 Å². The van der Waals surface area contributed by atoms with Gasteiger partial charge in [-0.3, -0.25) is 9.71 Å². The minimum absolute atomic E-state index is 0.0285. The summed E-state index contributed by atoms with van der Waals surface area (Å²) in [5.41, 5.74) is 6.25. The molecule has 0 atom stereocenters. The van der Waals surface area contributed by atoms with Crippen molar-refractivity contribution < 1.29 is 8.42 Å². The zero-order chi connectivity index (χ0) is 13.2. The van der Waals surface area contributed by atoms with Gasteiger partial charge in [-0.05, 0) is 30.3 Å². The summed E-state index contributed by atoms with van der Waals surface area (Å²) in [4.78, 5) is 3.86. The second-order valence-corrected chi connectivity index (χ2v) is 6.10. The molecule has 0 amide bonds. The molecule has 0 aliphatic heterocycles. The first kappa shape index (κ1) is 12.8. The number of nitrogens with one attached hydrogen (secondary N) is 1. The van der Waals surface area contributed by atoms with Gasteiger partial charge in [0.2, 0.25) is 0 Å². The topological polar surface area (TPSA) is 85.1 Å². The third kappa shape index (κ3) is 2.80. The van der Waals surface area contributed by atoms with E-state index in [-0.39, 0.29) is 10.6 Å². The van der Waals surface area contributed by atoms with Crippen molar-refractivity contribution in [2.75, 3.05) is 10.5 Å². The molecule has 18 heavy (non-hydrogen) atoms. The van der Waals surface area contributed by atoms with Crippen LogP contribution in [0.4, 0.5) is 11.4 Å². The van der Waals surface area contributed by atoms with Gasteiger partial charge in [0.25, 0.3) is 10.0 Å². The van der Waals surface area contributed by atoms with Crippen LogP contribution in [0.5, 0.6) is 0 Å². The molecular formula is C11H10BrN3O2S. The van der Waals surface area contributed by atoms with E-state index in [0.717, 1.165) is 0 Å². The SMILES string of the molecule is Nc1ccc(Br)cc1S(=O)(=O)Nc1cccnc1. The molecule has 3 N–H and O–H groups in total. The Labute approximate surface area is 113 Å². The van der Waals surface area contributed by atoms with Crippen molar-refractivity contribution >= 4 is 37.3 Å². The summed E-state index contributed by atoms with van der Waals surface area (Å²) >= 11 is 3.21. The molecule has 1 aromatic carbocycles. The van der Waals surface area contributed by atoms with Crippen LogP contribution in [-0.2, 0) is 10.0 Å². The minimum Gasteiger partial charge on any atom is -0.398 e. The highest BCUT2D eigenvalue weighted by Gasteiger charge is 2.17. The first-order chi connectivity index (χ1) is 8.49. The Morgan fingerprint density at radius 1 is 1.28 bits per heavy atom. The fourth-order valence-corrected chi connectivity index (χ4v) is 3.09. The lowest BCUT2D eigenvalue weighted by atomic mass is 10.3. The van der Waals surface area contributed by atoms with Gasteiger partial charge in [-0.25, -0.2) is 8.42 Å². The average Bonchev–Trinajstić information content (AvgIpc) is 2.33. The Bertz CT molecular complexity index is 659. The molecule has 0 fully saturated rings. The fraction of sp³-hybridized carbons (Fsp3) is 0. The van der Waals surface area contributed by atoms with Crippen LogP contribution in [0, 0.1) is 0 Å². The van der Waals surface area contributed by atoms with Crippen molar-refractivity contribution in [3.8, 4) is 0 Å². The van der Waals surface area contributed by atoms with Crippen LogP contribution in [0.25, 0.3) is 0 Å². The van der Waals surface area contributed by atoms with E-state index in [1.165, 1.54) is 18.3 Å². The molecule has 0 aliphatic carbocycles. The van der Waals surface area contributed by atoms with Crippen LogP contribution < -0.4 is 10.5 Å². The van der Waals surface area contributed by atoms with Gasteiger partial charge in [0.1, 0.15) is 4.90 Å². The highest BCUT2D eigenvalue weighted by molar-refractivity contribution is 9.10. The maximum Gasteiger partial charge on any atom is 0.264 e. The van der Waals surface area contributed by atoms with Gasteiger partial charge in [0.05, 0.1) is 17.6 Å². The first-order valence-electron chi connectivity index (χ1n) is 4.97. The Morgan fingerprint density at radius 2 is 2.06 bits per heavy atom. The highest BCUT2D eigenvalue weighted by atomic mass is 79.9. The summed E-state index contributed by atoms with van der Waals surface area (Å²) in [6.45, 7) is 0. The van der Waals surface area contributed by atoms with Gasteiger partial charge in [0, 0.05) is 10.7 Å². The molecule has 0 unspecified atom stereocenters. The Balaban J connectivity index is 2.40. The summed E-state index contributed by atoms with van der Waals surface area (Å²) in [7, 11) is -3.71. The Kier molecular flexibility index (Phi) is 3.53. The van der Waals surface area contributed by atoms with Crippen LogP contribution >= 0.6 is 15.9 Å². The molecule has 5 nitrogen and oxygen atoms in total. The highest BCUT2D eigenvalue weighted by Crippen LogP contribution is 2.24. The number of nitrogens with zero attached hydrogens (tertiary/aromatic N) is 1. The van der Waals surface area contributed by atoms with Gasteiger partial charge in [0.15, 0.2) is 0 Å². The van der Waals surface area contributed by atoms with E-state index in [1.807, 2.05) is 0 Å². The number of sulfonamides is 1. The minimum atomic E-state index is -3.71. The summed E-state index contributed by atoms with van der Waals surface area (Å²) in [5, 5.41) is 0. The van der Waals surface area contributed by atoms with Crippen molar-refractivity contribution in [2.45, 2.75) is 4.90 Å². The number of hydrogen-bond donors (Lipinski definition) is 2. The predicted molar refractivity (Wildman–Crippen MR) is 73.6 cm³/mol. The van der Waals surface area contributed by atoms with Gasteiger partial charge in [-0.1, -0.05) is 15.9 Å². The molecule has 1 aromatic heterocycles. The first-order valence-corrected chi connectivity index (χ1v) is 7.24. The van der Waals surface area contributed by atoms with Crippen LogP contribution in [0.1, 0.15) is 0 Å². The summed E-state index contributed by atoms with van der Waals surface area (Å²) in [5.74, 6) is 0. The van der Waals surface area contributed by atoms with Crippen molar-refractivity contribution in [2.24, 2.45) is 0 Å². The molecule has 94 valence electrons. The van der Waals surface area contributed by atoms with E-state index in [4.69, 9.17) is 5.73 Å². The predicted octanol–water partition coefficient (Wildman–Crippen LogP) is 2.23. The number of nitrogens with two attached hydrogens (primary N) is 1. The normalized spacial score (nSPS) is 11.2. The van der Waals surface area contributed by atoms with E-state index in [0.29, 0.717) is 10.2 Å². The van der Waals surface area contributed by atoms with E-state index >= 15 is 0 Å². The third-order valence-corrected chi connectivity index (χ3v) is 4.11. The monoisotopic (exact) mass is 327 g/mol. The molecule has 0 aliphatic rings. The van der Waals surface area contributed by atoms with Gasteiger partial charge in [-0.15, -0.1) is 0 Å². The van der Waals surface area contributed by atoms with Gasteiger partial charge in [-0.2, -0.15) is 0 Å². The lowest BCUT2D eigenvalue weighted by molar-refractivity contribution is 0.601. The van der Waals surface area contributed by atoms with E-state index < -0.39 is 10.0 Å². The molecule has 0 bridgehead atoms. The fourth-order valence-electron chi connectivity index (χ4n) is 1.37. The quantitative estimate of drug-likeness (QED) is 0.846. The maximum absolute atomic E-state index is 12.1. The number of hydrogen-bond acceptors (Lipinski definition) is 4. The number of aromatic nitrogens is 1. The Hall–Kier alpha value is -1.60. The van der Waals surface area contributed by atoms with Crippen molar-refractivity contribution in [1.82, 2.24) is 4.98 Å². The van der Waals surface area contributed by atoms with E-state index in [1.54, 1.807) is 24.4 Å². The molecule has 7 heteroatoms. The molecule has 2 aromatic rings. The lowest BCUT2D eigenvalue weighted by Gasteiger charge is -2.10. The standard InChI is InChI=1S/C11H10BrN3O2S/c12-8-3-4-10(13)11(6-8)18(16,17)15-9-2-1-5-14-7-9/h1-7,15H,13H2. The molecular weight excluding hydrogens is 318 g/mol. The molecule has 2 rings (SSSR count). The molecule has 0 spiro atoms. The molecule has 1 heterocycles. The number of benzene rings is 1. The van der Waals surface area contributed by atoms with Crippen molar-refractivity contribution in [3.63, 3.8) is 0 Å². The smallest absolute Gasteiger partial charge is 0.264 e. The second kappa shape index (κ2) is 4.95. The van der Waals surface area contributed by atoms with Gasteiger partial charge < -0.3 is 5.73 Å². The number of anilines is 2. The number of nitrogen functional groups attached to an aromatic ring is 1. The maximum atomic E-state index is 12.1. The number of pyridine rings is 1. The van der Waals surface area contributed by atoms with Crippen molar-refractivity contribution in [3.05, 3.63) is 47.2 Å². The zero-order valence-corrected chi connectivity index (χ0v) is 11.6. The molecule has 0 saturated carbocycles. The zero-order valence-electron chi connectivity index (χ0n) is 9.17. The van der Waals surface area contributed by atoms with Gasteiger partial charge >= 0.3 is 0 Å². The van der Waals surface area contributed by atoms with E-state index in [9.17, 15) is 8.42 Å². The second-order valence-electron chi connectivity index (χ2n) is 3.53. The number of rotatable bonds is 3. The van der Waals surface area contributed by atoms with E-state index in [2.05, 4.69) is 25.6 Å². The Morgan fingerprint density at radius 3 is 2.72 bits per heavy atom. The summed E-state index contributed by atoms with van der Waals surface area (Å²) in [6.07, 6.45) is 2.98. The van der Waals surface area contributed by atoms with Crippen LogP contribution in [0.15, 0.2) is 52.1 Å². The van der Waals surface area contributed by atoms with Crippen molar-refractivity contribution in [1.29, 1.82) is 0 Å². The molecule has 0 saturated heterocycles. The number of halogens is 1. The average molecular weight is 328 g/mol.